The lowest BCUT2D eigenvalue weighted by molar-refractivity contribution is -0.139. The normalized spacial score (nSPS) is 14.1. The van der Waals surface area contributed by atoms with Crippen LogP contribution in [0, 0.1) is 0 Å². The number of benzene rings is 1. The fourth-order valence-electron chi connectivity index (χ4n) is 2.26. The summed E-state index contributed by atoms with van der Waals surface area (Å²) in [5.74, 6) is -0.171. The minimum Gasteiger partial charge on any atom is -0.469 e. The largest absolute Gasteiger partial charge is 0.469 e. The lowest BCUT2D eigenvalue weighted by atomic mass is 9.84. The molecule has 0 saturated carbocycles. The van der Waals surface area contributed by atoms with E-state index in [0.717, 1.165) is 12.0 Å². The minimum atomic E-state index is -0.171. The summed E-state index contributed by atoms with van der Waals surface area (Å²) < 4.78 is 4.74. The summed E-state index contributed by atoms with van der Waals surface area (Å²) in [6, 6.07) is 6.58. The van der Waals surface area contributed by atoms with Crippen molar-refractivity contribution in [2.75, 3.05) is 7.11 Å². The average Bonchev–Trinajstić information content (AvgIpc) is 2.70. The molecule has 0 fully saturated rings. The van der Waals surface area contributed by atoms with Crippen LogP contribution < -0.4 is 0 Å². The first-order chi connectivity index (χ1) is 8.41. The summed E-state index contributed by atoms with van der Waals surface area (Å²) >= 11 is 0. The quantitative estimate of drug-likeness (QED) is 0.744. The topological polar surface area (TPSA) is 26.3 Å². The Hall–Kier alpha value is -1.57. The van der Waals surface area contributed by atoms with Gasteiger partial charge in [0.25, 0.3) is 0 Å². The standard InChI is InChI=1S/C16H20O2/c1-16(2,3)13-8-7-11-5-6-12(14(11)10-13)9-15(17)18-4/h6-8,10H,5,9H2,1-4H3. The molecule has 1 aromatic carbocycles. The number of carbonyl (C=O) groups excluding carboxylic acids is 1. The van der Waals surface area contributed by atoms with E-state index < -0.39 is 0 Å². The van der Waals surface area contributed by atoms with Gasteiger partial charge in [-0.2, -0.15) is 0 Å². The van der Waals surface area contributed by atoms with Gasteiger partial charge in [-0.15, -0.1) is 0 Å². The molecule has 18 heavy (non-hydrogen) atoms. The number of fused-ring (bicyclic) bond motifs is 1. The first-order valence-electron chi connectivity index (χ1n) is 6.31. The van der Waals surface area contributed by atoms with Crippen molar-refractivity contribution in [1.82, 2.24) is 0 Å². The number of ether oxygens (including phenoxy) is 1. The summed E-state index contributed by atoms with van der Waals surface area (Å²) in [4.78, 5) is 11.4. The van der Waals surface area contributed by atoms with E-state index in [1.807, 2.05) is 0 Å². The number of rotatable bonds is 2. The zero-order valence-electron chi connectivity index (χ0n) is 11.5. The average molecular weight is 244 g/mol. The fraction of sp³-hybridized carbons (Fsp3) is 0.438. The Bertz CT molecular complexity index is 504. The van der Waals surface area contributed by atoms with E-state index in [0.29, 0.717) is 6.42 Å². The second kappa shape index (κ2) is 4.60. The van der Waals surface area contributed by atoms with Crippen LogP contribution in [0.1, 0.15) is 43.9 Å². The van der Waals surface area contributed by atoms with Gasteiger partial charge in [-0.25, -0.2) is 0 Å². The van der Waals surface area contributed by atoms with Crippen molar-refractivity contribution in [3.8, 4) is 0 Å². The van der Waals surface area contributed by atoms with Crippen molar-refractivity contribution in [3.63, 3.8) is 0 Å². The summed E-state index contributed by atoms with van der Waals surface area (Å²) in [6.07, 6.45) is 3.43. The van der Waals surface area contributed by atoms with Crippen molar-refractivity contribution in [3.05, 3.63) is 41.0 Å². The third-order valence-electron chi connectivity index (χ3n) is 3.45. The van der Waals surface area contributed by atoms with Crippen molar-refractivity contribution in [2.45, 2.75) is 39.0 Å². The molecule has 0 unspecified atom stereocenters. The number of esters is 1. The molecule has 0 aliphatic heterocycles. The van der Waals surface area contributed by atoms with E-state index in [2.05, 4.69) is 45.0 Å². The van der Waals surface area contributed by atoms with Gasteiger partial charge < -0.3 is 4.74 Å². The summed E-state index contributed by atoms with van der Waals surface area (Å²) in [6.45, 7) is 6.61. The Morgan fingerprint density at radius 1 is 1.33 bits per heavy atom. The Labute approximate surface area is 109 Å². The van der Waals surface area contributed by atoms with Crippen LogP contribution >= 0.6 is 0 Å². The summed E-state index contributed by atoms with van der Waals surface area (Å²) in [7, 11) is 1.43. The number of allylic oxidation sites excluding steroid dienone is 1. The number of methoxy groups -OCH3 is 1. The fourth-order valence-corrected chi connectivity index (χ4v) is 2.26. The highest BCUT2D eigenvalue weighted by Crippen LogP contribution is 2.33. The Kier molecular flexibility index (Phi) is 3.29. The lowest BCUT2D eigenvalue weighted by Gasteiger charge is -2.20. The summed E-state index contributed by atoms with van der Waals surface area (Å²) in [5, 5.41) is 0. The van der Waals surface area contributed by atoms with Crippen LogP contribution in [-0.4, -0.2) is 13.1 Å². The zero-order valence-corrected chi connectivity index (χ0v) is 11.5. The molecule has 0 N–H and O–H groups in total. The van der Waals surface area contributed by atoms with E-state index in [9.17, 15) is 4.79 Å². The van der Waals surface area contributed by atoms with Gasteiger partial charge in [0.1, 0.15) is 0 Å². The molecule has 1 aliphatic carbocycles. The highest BCUT2D eigenvalue weighted by atomic mass is 16.5. The molecule has 2 heteroatoms. The van der Waals surface area contributed by atoms with Crippen molar-refractivity contribution in [1.29, 1.82) is 0 Å². The van der Waals surface area contributed by atoms with Crippen LogP contribution in [0.15, 0.2) is 24.3 Å². The number of hydrogen-bond acceptors (Lipinski definition) is 2. The van der Waals surface area contributed by atoms with E-state index in [1.165, 1.54) is 23.8 Å². The molecule has 0 radical (unpaired) electrons. The molecule has 0 aromatic heterocycles. The van der Waals surface area contributed by atoms with E-state index in [1.54, 1.807) is 0 Å². The van der Waals surface area contributed by atoms with Crippen LogP contribution in [0.3, 0.4) is 0 Å². The maximum atomic E-state index is 11.4. The molecule has 96 valence electrons. The van der Waals surface area contributed by atoms with Gasteiger partial charge in [-0.05, 0) is 34.1 Å². The molecule has 1 aliphatic rings. The smallest absolute Gasteiger partial charge is 0.309 e. The number of hydrogen-bond donors (Lipinski definition) is 0. The molecule has 0 atom stereocenters. The first-order valence-corrected chi connectivity index (χ1v) is 6.31. The summed E-state index contributed by atoms with van der Waals surface area (Å²) in [5.41, 5.74) is 5.06. The molecule has 0 saturated heterocycles. The molecular formula is C16H20O2. The van der Waals surface area contributed by atoms with Crippen molar-refractivity contribution < 1.29 is 9.53 Å². The highest BCUT2D eigenvalue weighted by molar-refractivity contribution is 5.87. The van der Waals surface area contributed by atoms with Crippen LogP contribution in [0.5, 0.6) is 0 Å². The SMILES string of the molecule is COC(=O)CC1=CCc2ccc(C(C)(C)C)cc21. The highest BCUT2D eigenvalue weighted by Gasteiger charge is 2.20. The first kappa shape index (κ1) is 12.9. The molecule has 0 heterocycles. The van der Waals surface area contributed by atoms with Gasteiger partial charge in [0.2, 0.25) is 0 Å². The van der Waals surface area contributed by atoms with E-state index in [-0.39, 0.29) is 11.4 Å². The monoisotopic (exact) mass is 244 g/mol. The van der Waals surface area contributed by atoms with Gasteiger partial charge in [0, 0.05) is 0 Å². The van der Waals surface area contributed by atoms with E-state index >= 15 is 0 Å². The molecule has 2 nitrogen and oxygen atoms in total. The third-order valence-corrected chi connectivity index (χ3v) is 3.45. The third kappa shape index (κ3) is 2.47. The van der Waals surface area contributed by atoms with Crippen molar-refractivity contribution in [2.24, 2.45) is 0 Å². The second-order valence-corrected chi connectivity index (χ2v) is 5.81. The van der Waals surface area contributed by atoms with E-state index in [4.69, 9.17) is 4.74 Å². The Morgan fingerprint density at radius 3 is 2.67 bits per heavy atom. The maximum absolute atomic E-state index is 11.4. The van der Waals surface area contributed by atoms with Gasteiger partial charge in [-0.1, -0.05) is 45.0 Å². The molecule has 0 bridgehead atoms. The lowest BCUT2D eigenvalue weighted by Crippen LogP contribution is -2.11. The minimum absolute atomic E-state index is 0.133. The van der Waals surface area contributed by atoms with Crippen LogP contribution in [-0.2, 0) is 21.4 Å². The molecular weight excluding hydrogens is 224 g/mol. The van der Waals surface area contributed by atoms with Gasteiger partial charge in [-0.3, -0.25) is 4.79 Å². The Morgan fingerprint density at radius 2 is 2.06 bits per heavy atom. The van der Waals surface area contributed by atoms with Crippen LogP contribution in [0.25, 0.3) is 5.57 Å². The molecule has 0 amide bonds. The number of carbonyl (C=O) groups is 1. The predicted octanol–water partition coefficient (Wildman–Crippen LogP) is 3.49. The van der Waals surface area contributed by atoms with Crippen LogP contribution in [0.2, 0.25) is 0 Å². The Balaban J connectivity index is 2.32. The van der Waals surface area contributed by atoms with Gasteiger partial charge in [0.05, 0.1) is 13.5 Å². The maximum Gasteiger partial charge on any atom is 0.309 e. The van der Waals surface area contributed by atoms with Crippen molar-refractivity contribution >= 4 is 11.5 Å². The van der Waals surface area contributed by atoms with Gasteiger partial charge >= 0.3 is 5.97 Å². The predicted molar refractivity (Wildman–Crippen MR) is 73.5 cm³/mol. The molecule has 2 rings (SSSR count). The molecule has 1 aromatic rings. The van der Waals surface area contributed by atoms with Crippen LogP contribution in [0.4, 0.5) is 0 Å². The molecule has 0 spiro atoms. The second-order valence-electron chi connectivity index (χ2n) is 5.81. The zero-order chi connectivity index (χ0) is 13.3. The van der Waals surface area contributed by atoms with Gasteiger partial charge in [0.15, 0.2) is 0 Å².